The van der Waals surface area contributed by atoms with E-state index in [2.05, 4.69) is 45.1 Å². The van der Waals surface area contributed by atoms with Crippen LogP contribution in [-0.2, 0) is 4.79 Å². The summed E-state index contributed by atoms with van der Waals surface area (Å²) in [4.78, 5) is 14.3. The molecule has 1 aromatic rings. The zero-order valence-corrected chi connectivity index (χ0v) is 12.9. The molecule has 0 aliphatic carbocycles. The third-order valence-corrected chi connectivity index (χ3v) is 3.75. The summed E-state index contributed by atoms with van der Waals surface area (Å²) in [5.74, 6) is 0.512. The van der Waals surface area contributed by atoms with Crippen molar-refractivity contribution in [2.45, 2.75) is 27.7 Å². The van der Waals surface area contributed by atoms with Crippen molar-refractivity contribution in [3.05, 3.63) is 29.3 Å². The highest BCUT2D eigenvalue weighted by Gasteiger charge is 2.25. The van der Waals surface area contributed by atoms with E-state index >= 15 is 0 Å². The van der Waals surface area contributed by atoms with Crippen molar-refractivity contribution in [1.82, 2.24) is 5.32 Å². The summed E-state index contributed by atoms with van der Waals surface area (Å²) in [5.41, 5.74) is 3.43. The Bertz CT molecular complexity index is 440. The molecule has 19 heavy (non-hydrogen) atoms. The number of hydrogen-bond acceptors (Lipinski definition) is 2. The molecule has 106 valence electrons. The van der Waals surface area contributed by atoms with Gasteiger partial charge in [-0.25, -0.2) is 0 Å². The van der Waals surface area contributed by atoms with Crippen molar-refractivity contribution in [2.24, 2.45) is 11.8 Å². The van der Waals surface area contributed by atoms with Crippen LogP contribution in [0.1, 0.15) is 25.0 Å². The maximum absolute atomic E-state index is 12.6. The van der Waals surface area contributed by atoms with Gasteiger partial charge in [0.2, 0.25) is 5.91 Å². The highest BCUT2D eigenvalue weighted by molar-refractivity contribution is 5.94. The van der Waals surface area contributed by atoms with E-state index in [0.29, 0.717) is 12.5 Å². The van der Waals surface area contributed by atoms with Gasteiger partial charge >= 0.3 is 0 Å². The normalized spacial score (nSPS) is 12.6. The van der Waals surface area contributed by atoms with Gasteiger partial charge in [0.25, 0.3) is 0 Å². The minimum absolute atomic E-state index is 0.0107. The molecule has 0 saturated carbocycles. The van der Waals surface area contributed by atoms with Crippen molar-refractivity contribution in [3.63, 3.8) is 0 Å². The van der Waals surface area contributed by atoms with Crippen LogP contribution in [0.2, 0.25) is 0 Å². The van der Waals surface area contributed by atoms with Crippen molar-refractivity contribution >= 4 is 11.6 Å². The maximum atomic E-state index is 12.6. The lowest BCUT2D eigenvalue weighted by atomic mass is 9.94. The summed E-state index contributed by atoms with van der Waals surface area (Å²) < 4.78 is 0. The molecule has 0 aliphatic rings. The SMILES string of the molecule is CNCC(C(=O)N(C)c1ccc(C)c(C)c1)C(C)C. The molecule has 0 fully saturated rings. The predicted octanol–water partition coefficient (Wildman–Crippen LogP) is 2.76. The first-order chi connectivity index (χ1) is 8.88. The zero-order valence-electron chi connectivity index (χ0n) is 12.9. The van der Waals surface area contributed by atoms with Gasteiger partial charge in [-0.1, -0.05) is 19.9 Å². The minimum atomic E-state index is 0.0107. The third kappa shape index (κ3) is 3.80. The summed E-state index contributed by atoms with van der Waals surface area (Å²) in [7, 11) is 3.75. The Morgan fingerprint density at radius 1 is 1.26 bits per heavy atom. The molecular weight excluding hydrogens is 236 g/mol. The van der Waals surface area contributed by atoms with E-state index in [0.717, 1.165) is 5.69 Å². The number of nitrogens with one attached hydrogen (secondary N) is 1. The number of carbonyl (C=O) groups excluding carboxylic acids is 1. The number of amides is 1. The van der Waals surface area contributed by atoms with Crippen LogP contribution in [0.3, 0.4) is 0 Å². The Balaban J connectivity index is 2.94. The van der Waals surface area contributed by atoms with Crippen LogP contribution >= 0.6 is 0 Å². The van der Waals surface area contributed by atoms with Crippen molar-refractivity contribution < 1.29 is 4.79 Å². The predicted molar refractivity (Wildman–Crippen MR) is 81.6 cm³/mol. The molecule has 1 unspecified atom stereocenters. The molecule has 0 radical (unpaired) electrons. The summed E-state index contributed by atoms with van der Waals surface area (Å²) in [6, 6.07) is 6.15. The van der Waals surface area contributed by atoms with Gasteiger partial charge in [0, 0.05) is 19.3 Å². The lowest BCUT2D eigenvalue weighted by Gasteiger charge is -2.26. The second kappa shape index (κ2) is 6.71. The van der Waals surface area contributed by atoms with E-state index < -0.39 is 0 Å². The molecule has 0 aliphatic heterocycles. The lowest BCUT2D eigenvalue weighted by molar-refractivity contribution is -0.123. The van der Waals surface area contributed by atoms with Crippen LogP contribution < -0.4 is 10.2 Å². The Morgan fingerprint density at radius 2 is 1.89 bits per heavy atom. The topological polar surface area (TPSA) is 32.3 Å². The fraction of sp³-hybridized carbons (Fsp3) is 0.562. The molecule has 3 nitrogen and oxygen atoms in total. The van der Waals surface area contributed by atoms with Crippen molar-refractivity contribution in [2.75, 3.05) is 25.5 Å². The minimum Gasteiger partial charge on any atom is -0.319 e. The molecular formula is C16H26N2O. The van der Waals surface area contributed by atoms with E-state index in [1.807, 2.05) is 20.2 Å². The second-order valence-electron chi connectivity index (χ2n) is 5.57. The lowest BCUT2D eigenvalue weighted by Crippen LogP contribution is -2.40. The highest BCUT2D eigenvalue weighted by atomic mass is 16.2. The quantitative estimate of drug-likeness (QED) is 0.885. The van der Waals surface area contributed by atoms with Crippen LogP contribution in [0.25, 0.3) is 0 Å². The molecule has 1 aromatic carbocycles. The number of hydrogen-bond donors (Lipinski definition) is 1. The van der Waals surface area contributed by atoms with Crippen LogP contribution in [0, 0.1) is 25.7 Å². The molecule has 1 rings (SSSR count). The van der Waals surface area contributed by atoms with Crippen LogP contribution in [-0.4, -0.2) is 26.5 Å². The molecule has 0 bridgehead atoms. The van der Waals surface area contributed by atoms with Gasteiger partial charge in [-0.3, -0.25) is 4.79 Å². The number of aryl methyl sites for hydroxylation is 2. The first-order valence-corrected chi connectivity index (χ1v) is 6.88. The van der Waals surface area contributed by atoms with Gasteiger partial charge in [-0.15, -0.1) is 0 Å². The monoisotopic (exact) mass is 262 g/mol. The summed E-state index contributed by atoms with van der Waals surface area (Å²) in [6.07, 6.45) is 0. The van der Waals surface area contributed by atoms with E-state index in [1.54, 1.807) is 4.90 Å². The van der Waals surface area contributed by atoms with Crippen molar-refractivity contribution in [3.8, 4) is 0 Å². The molecule has 0 spiro atoms. The van der Waals surface area contributed by atoms with E-state index in [4.69, 9.17) is 0 Å². The largest absolute Gasteiger partial charge is 0.319 e. The highest BCUT2D eigenvalue weighted by Crippen LogP contribution is 2.21. The average Bonchev–Trinajstić information content (AvgIpc) is 2.37. The fourth-order valence-electron chi connectivity index (χ4n) is 2.14. The van der Waals surface area contributed by atoms with E-state index in [1.165, 1.54) is 11.1 Å². The Morgan fingerprint density at radius 3 is 2.37 bits per heavy atom. The Labute approximate surface area is 117 Å². The fourth-order valence-corrected chi connectivity index (χ4v) is 2.14. The molecule has 0 saturated heterocycles. The molecule has 0 aromatic heterocycles. The summed E-state index contributed by atoms with van der Waals surface area (Å²) in [5, 5.41) is 3.11. The van der Waals surface area contributed by atoms with Crippen LogP contribution in [0.5, 0.6) is 0 Å². The molecule has 0 heterocycles. The summed E-state index contributed by atoms with van der Waals surface area (Å²) in [6.45, 7) is 9.05. The molecule has 1 N–H and O–H groups in total. The number of anilines is 1. The smallest absolute Gasteiger partial charge is 0.231 e. The summed E-state index contributed by atoms with van der Waals surface area (Å²) >= 11 is 0. The number of rotatable bonds is 5. The Hall–Kier alpha value is -1.35. The van der Waals surface area contributed by atoms with E-state index in [-0.39, 0.29) is 11.8 Å². The molecule has 1 atom stereocenters. The van der Waals surface area contributed by atoms with Crippen LogP contribution in [0.4, 0.5) is 5.69 Å². The van der Waals surface area contributed by atoms with Crippen LogP contribution in [0.15, 0.2) is 18.2 Å². The van der Waals surface area contributed by atoms with Gasteiger partial charge in [0.05, 0.1) is 5.92 Å². The number of benzene rings is 1. The van der Waals surface area contributed by atoms with Gasteiger partial charge in [-0.2, -0.15) is 0 Å². The second-order valence-corrected chi connectivity index (χ2v) is 5.57. The van der Waals surface area contributed by atoms with Gasteiger partial charge in [0.15, 0.2) is 0 Å². The van der Waals surface area contributed by atoms with Gasteiger partial charge in [-0.05, 0) is 50.1 Å². The van der Waals surface area contributed by atoms with Crippen molar-refractivity contribution in [1.29, 1.82) is 0 Å². The Kier molecular flexibility index (Phi) is 5.55. The van der Waals surface area contributed by atoms with Gasteiger partial charge in [0.1, 0.15) is 0 Å². The first kappa shape index (κ1) is 15.7. The zero-order chi connectivity index (χ0) is 14.6. The molecule has 3 heteroatoms. The standard InChI is InChI=1S/C16H26N2O/c1-11(2)15(10-17-5)16(19)18(6)14-8-7-12(3)13(4)9-14/h7-9,11,15,17H,10H2,1-6H3. The first-order valence-electron chi connectivity index (χ1n) is 6.88. The average molecular weight is 262 g/mol. The maximum Gasteiger partial charge on any atom is 0.231 e. The molecule has 1 amide bonds. The third-order valence-electron chi connectivity index (χ3n) is 3.75. The van der Waals surface area contributed by atoms with E-state index in [9.17, 15) is 4.79 Å². The van der Waals surface area contributed by atoms with Gasteiger partial charge < -0.3 is 10.2 Å². The number of carbonyl (C=O) groups is 1. The number of nitrogens with zero attached hydrogens (tertiary/aromatic N) is 1.